The monoisotopic (exact) mass is 342 g/mol. The van der Waals surface area contributed by atoms with Gasteiger partial charge < -0.3 is 5.32 Å². The third-order valence-electron chi connectivity index (χ3n) is 4.84. The summed E-state index contributed by atoms with van der Waals surface area (Å²) in [4.78, 5) is 12.0. The van der Waals surface area contributed by atoms with Crippen LogP contribution in [-0.4, -0.2) is 44.0 Å². The predicted molar refractivity (Wildman–Crippen MR) is 92.6 cm³/mol. The summed E-state index contributed by atoms with van der Waals surface area (Å²) in [6.07, 6.45) is 13.6. The largest absolute Gasteiger partial charge is 0.353 e. The fourth-order valence-corrected chi connectivity index (χ4v) is 4.29. The van der Waals surface area contributed by atoms with Gasteiger partial charge in [-0.25, -0.2) is 12.7 Å². The first kappa shape index (κ1) is 18.5. The number of nitrogens with one attached hydrogen (secondary N) is 1. The van der Waals surface area contributed by atoms with Gasteiger partial charge >= 0.3 is 0 Å². The van der Waals surface area contributed by atoms with Crippen molar-refractivity contribution in [2.75, 3.05) is 19.3 Å². The Morgan fingerprint density at radius 1 is 1.22 bits per heavy atom. The second kappa shape index (κ2) is 8.83. The Kier molecular flexibility index (Phi) is 7.09. The molecule has 2 aliphatic rings. The molecule has 6 heteroatoms. The van der Waals surface area contributed by atoms with Crippen molar-refractivity contribution in [3.05, 3.63) is 11.6 Å². The van der Waals surface area contributed by atoms with Crippen LogP contribution >= 0.6 is 0 Å². The highest BCUT2D eigenvalue weighted by Crippen LogP contribution is 2.21. The zero-order valence-corrected chi connectivity index (χ0v) is 15.0. The van der Waals surface area contributed by atoms with Crippen LogP contribution in [0.5, 0.6) is 0 Å². The number of nitrogens with zero attached hydrogens (tertiary/aromatic N) is 1. The Hall–Kier alpha value is -0.880. The molecule has 0 saturated heterocycles. The molecular weight excluding hydrogens is 312 g/mol. The number of hydrogen-bond acceptors (Lipinski definition) is 3. The molecule has 1 amide bonds. The van der Waals surface area contributed by atoms with E-state index < -0.39 is 10.0 Å². The molecule has 1 fully saturated rings. The molecule has 0 atom stereocenters. The first-order valence-electron chi connectivity index (χ1n) is 8.87. The van der Waals surface area contributed by atoms with E-state index in [1.54, 1.807) is 0 Å². The van der Waals surface area contributed by atoms with Crippen LogP contribution in [0.4, 0.5) is 0 Å². The number of hydrogen-bond donors (Lipinski definition) is 1. The molecule has 0 aliphatic heterocycles. The van der Waals surface area contributed by atoms with Gasteiger partial charge in [-0.05, 0) is 44.9 Å². The molecule has 0 bridgehead atoms. The topological polar surface area (TPSA) is 66.5 Å². The van der Waals surface area contributed by atoms with E-state index in [2.05, 4.69) is 11.4 Å². The molecule has 23 heavy (non-hydrogen) atoms. The summed E-state index contributed by atoms with van der Waals surface area (Å²) in [5.74, 6) is -0.0255. The highest BCUT2D eigenvalue weighted by Gasteiger charge is 2.21. The average molecular weight is 343 g/mol. The summed E-state index contributed by atoms with van der Waals surface area (Å²) < 4.78 is 25.3. The van der Waals surface area contributed by atoms with Crippen molar-refractivity contribution >= 4 is 15.9 Å². The van der Waals surface area contributed by atoms with Gasteiger partial charge in [0.1, 0.15) is 0 Å². The lowest BCUT2D eigenvalue weighted by Crippen LogP contribution is -2.38. The Morgan fingerprint density at radius 3 is 2.57 bits per heavy atom. The molecule has 0 spiro atoms. The highest BCUT2D eigenvalue weighted by molar-refractivity contribution is 7.88. The molecule has 2 aliphatic carbocycles. The fourth-order valence-electron chi connectivity index (χ4n) is 3.44. The van der Waals surface area contributed by atoms with E-state index in [1.807, 2.05) is 0 Å². The molecule has 0 aromatic rings. The van der Waals surface area contributed by atoms with Gasteiger partial charge in [0.15, 0.2) is 0 Å². The quantitative estimate of drug-likeness (QED) is 0.690. The summed E-state index contributed by atoms with van der Waals surface area (Å²) in [7, 11) is -3.26. The lowest BCUT2D eigenvalue weighted by Gasteiger charge is -2.22. The molecule has 0 aromatic heterocycles. The molecule has 0 unspecified atom stereocenters. The fraction of sp³-hybridized carbons (Fsp3) is 0.824. The average Bonchev–Trinajstić information content (AvgIpc) is 2.99. The molecule has 0 heterocycles. The maximum atomic E-state index is 12.0. The maximum Gasteiger partial charge on any atom is 0.221 e. The van der Waals surface area contributed by atoms with Crippen molar-refractivity contribution < 1.29 is 13.2 Å². The van der Waals surface area contributed by atoms with E-state index in [0.29, 0.717) is 12.6 Å². The van der Waals surface area contributed by atoms with Crippen molar-refractivity contribution in [2.45, 2.75) is 70.3 Å². The van der Waals surface area contributed by atoms with E-state index in [0.717, 1.165) is 32.1 Å². The minimum absolute atomic E-state index is 0.0255. The molecule has 132 valence electrons. The van der Waals surface area contributed by atoms with Gasteiger partial charge in [0, 0.05) is 25.6 Å². The zero-order valence-electron chi connectivity index (χ0n) is 14.2. The van der Waals surface area contributed by atoms with E-state index in [9.17, 15) is 13.2 Å². The molecule has 5 nitrogen and oxygen atoms in total. The first-order chi connectivity index (χ1) is 10.9. The van der Waals surface area contributed by atoms with Crippen molar-refractivity contribution in [2.24, 2.45) is 0 Å². The van der Waals surface area contributed by atoms with E-state index in [4.69, 9.17) is 0 Å². The summed E-state index contributed by atoms with van der Waals surface area (Å²) in [6, 6.07) is 0.293. The summed E-state index contributed by atoms with van der Waals surface area (Å²) in [5.41, 5.74) is 1.36. The number of carbonyl (C=O) groups is 1. The maximum absolute atomic E-state index is 12.0. The van der Waals surface area contributed by atoms with Crippen molar-refractivity contribution in [3.8, 4) is 0 Å². The van der Waals surface area contributed by atoms with Gasteiger partial charge in [-0.2, -0.15) is 0 Å². The molecule has 1 N–H and O–H groups in total. The molecule has 2 rings (SSSR count). The van der Waals surface area contributed by atoms with Crippen LogP contribution in [0.1, 0.15) is 64.2 Å². The SMILES string of the molecule is CS(=O)(=O)N(CCC(=O)NC1CCCC1)CCC1=CCCCC1. The van der Waals surface area contributed by atoms with Gasteiger partial charge in [-0.3, -0.25) is 4.79 Å². The molecule has 0 radical (unpaired) electrons. The van der Waals surface area contributed by atoms with E-state index in [1.165, 1.54) is 41.8 Å². The normalized spacial score (nSPS) is 19.8. The summed E-state index contributed by atoms with van der Waals surface area (Å²) in [6.45, 7) is 0.770. The lowest BCUT2D eigenvalue weighted by atomic mass is 9.97. The standard InChI is InChI=1S/C17H30N2O3S/c1-23(21,22)19(13-11-15-7-3-2-4-8-15)14-12-17(20)18-16-9-5-6-10-16/h7,16H,2-6,8-14H2,1H3,(H,18,20). The van der Waals surface area contributed by atoms with Crippen molar-refractivity contribution in [3.63, 3.8) is 0 Å². The molecule has 0 aromatic carbocycles. The number of carbonyl (C=O) groups excluding carboxylic acids is 1. The Morgan fingerprint density at radius 2 is 1.96 bits per heavy atom. The van der Waals surface area contributed by atoms with Gasteiger partial charge in [-0.15, -0.1) is 0 Å². The third-order valence-corrected chi connectivity index (χ3v) is 6.15. The van der Waals surface area contributed by atoms with Crippen LogP contribution in [0, 0.1) is 0 Å². The number of allylic oxidation sites excluding steroid dienone is 1. The second-order valence-corrected chi connectivity index (χ2v) is 8.80. The van der Waals surface area contributed by atoms with Crippen LogP contribution in [0.25, 0.3) is 0 Å². The molecular formula is C17H30N2O3S. The minimum Gasteiger partial charge on any atom is -0.353 e. The van der Waals surface area contributed by atoms with Crippen LogP contribution in [0.3, 0.4) is 0 Å². The Bertz CT molecular complexity index is 522. The van der Waals surface area contributed by atoms with Crippen molar-refractivity contribution in [1.29, 1.82) is 0 Å². The van der Waals surface area contributed by atoms with Crippen LogP contribution in [-0.2, 0) is 14.8 Å². The number of sulfonamides is 1. The lowest BCUT2D eigenvalue weighted by molar-refractivity contribution is -0.121. The van der Waals surface area contributed by atoms with E-state index >= 15 is 0 Å². The molecule has 1 saturated carbocycles. The summed E-state index contributed by atoms with van der Waals surface area (Å²) in [5, 5.41) is 3.02. The van der Waals surface area contributed by atoms with Gasteiger partial charge in [-0.1, -0.05) is 24.5 Å². The minimum atomic E-state index is -3.26. The summed E-state index contributed by atoms with van der Waals surface area (Å²) >= 11 is 0. The van der Waals surface area contributed by atoms with Gasteiger partial charge in [0.2, 0.25) is 15.9 Å². The predicted octanol–water partition coefficient (Wildman–Crippen LogP) is 2.59. The van der Waals surface area contributed by atoms with Crippen molar-refractivity contribution in [1.82, 2.24) is 9.62 Å². The smallest absolute Gasteiger partial charge is 0.221 e. The highest BCUT2D eigenvalue weighted by atomic mass is 32.2. The zero-order chi connectivity index (χ0) is 16.7. The number of rotatable bonds is 8. The van der Waals surface area contributed by atoms with Gasteiger partial charge in [0.05, 0.1) is 6.26 Å². The third kappa shape index (κ3) is 6.63. The van der Waals surface area contributed by atoms with E-state index in [-0.39, 0.29) is 18.9 Å². The van der Waals surface area contributed by atoms with Gasteiger partial charge in [0.25, 0.3) is 0 Å². The van der Waals surface area contributed by atoms with Crippen LogP contribution in [0.15, 0.2) is 11.6 Å². The number of amides is 1. The first-order valence-corrected chi connectivity index (χ1v) is 10.7. The second-order valence-electron chi connectivity index (χ2n) is 6.82. The van der Waals surface area contributed by atoms with Crippen LogP contribution in [0.2, 0.25) is 0 Å². The Labute approximate surface area is 140 Å². The Balaban J connectivity index is 1.78. The van der Waals surface area contributed by atoms with Crippen LogP contribution < -0.4 is 5.32 Å².